The molecule has 1 aromatic rings. The molecule has 1 aliphatic rings. The summed E-state index contributed by atoms with van der Waals surface area (Å²) >= 11 is 0.946. The number of carbonyl (C=O) groups excluding carboxylic acids is 1. The van der Waals surface area contributed by atoms with Crippen LogP contribution in [0.15, 0.2) is 0 Å². The van der Waals surface area contributed by atoms with Crippen molar-refractivity contribution in [3.05, 3.63) is 0 Å². The molecule has 0 aromatic carbocycles. The number of methoxy groups -OCH3 is 1. The second-order valence-corrected chi connectivity index (χ2v) is 6.94. The zero-order chi connectivity index (χ0) is 20.4. The number of carboxylic acid groups (broad SMARTS) is 2. The predicted molar refractivity (Wildman–Crippen MR) is 105 cm³/mol. The molecule has 11 nitrogen and oxygen atoms in total. The summed E-state index contributed by atoms with van der Waals surface area (Å²) in [6.45, 7) is 4.62. The normalized spacial score (nSPS) is 16.2. The van der Waals surface area contributed by atoms with Crippen LogP contribution in [-0.2, 0) is 9.59 Å². The number of halogens is 1. The number of aliphatic carboxylic acids is 2. The largest absolute Gasteiger partial charge is 0.480 e. The van der Waals surface area contributed by atoms with Gasteiger partial charge >= 0.3 is 24.0 Å². The van der Waals surface area contributed by atoms with Crippen LogP contribution in [0.1, 0.15) is 33.1 Å². The SMILES string of the molecule is COc1nsc(NC(=O)N[C@@H](CC(C)C)C(=O)O)n1.Cl.O=C(O)[C@@H]1CCCN1. The second-order valence-electron chi connectivity index (χ2n) is 6.19. The Bertz CT molecular complexity index is 638. The fourth-order valence-corrected chi connectivity index (χ4v) is 2.76. The van der Waals surface area contributed by atoms with Crippen LogP contribution in [0.2, 0.25) is 0 Å². The molecule has 1 aromatic heterocycles. The van der Waals surface area contributed by atoms with Gasteiger partial charge in [0.05, 0.1) is 7.11 Å². The standard InChI is InChI=1S/C10H16N4O4S.C5H9NO2.ClH/c1-5(2)4-6(7(15)16)11-8(17)12-10-13-9(18-3)14-19-10;7-5(8)4-2-1-3-6-4;/h5-6H,4H2,1-3H3,(H,15,16)(H2,11,12,13,14,17);4,6H,1-3H2,(H,7,8);1H/t6-;4-;/m00./s1. The third kappa shape index (κ3) is 9.67. The lowest BCUT2D eigenvalue weighted by molar-refractivity contribution is -0.140. The van der Waals surface area contributed by atoms with Crippen LogP contribution in [0.5, 0.6) is 6.01 Å². The van der Waals surface area contributed by atoms with Gasteiger partial charge in [0.25, 0.3) is 0 Å². The molecular weight excluding hydrogens is 414 g/mol. The van der Waals surface area contributed by atoms with Crippen molar-refractivity contribution >= 4 is 47.0 Å². The summed E-state index contributed by atoms with van der Waals surface area (Å²) < 4.78 is 8.57. The number of nitrogens with one attached hydrogen (secondary N) is 3. The summed E-state index contributed by atoms with van der Waals surface area (Å²) in [7, 11) is 1.41. The molecule has 2 amide bonds. The first-order valence-electron chi connectivity index (χ1n) is 8.37. The van der Waals surface area contributed by atoms with E-state index in [1.807, 2.05) is 13.8 Å². The van der Waals surface area contributed by atoms with E-state index in [0.717, 1.165) is 30.9 Å². The van der Waals surface area contributed by atoms with E-state index in [1.165, 1.54) is 7.11 Å². The van der Waals surface area contributed by atoms with Gasteiger partial charge in [0, 0.05) is 11.5 Å². The summed E-state index contributed by atoms with van der Waals surface area (Å²) in [5.41, 5.74) is 0. The molecule has 0 bridgehead atoms. The van der Waals surface area contributed by atoms with Crippen LogP contribution < -0.4 is 20.7 Å². The quantitative estimate of drug-likeness (QED) is 0.422. The first-order chi connectivity index (χ1) is 12.7. The van der Waals surface area contributed by atoms with Gasteiger partial charge in [-0.2, -0.15) is 4.98 Å². The second kappa shape index (κ2) is 13.1. The van der Waals surface area contributed by atoms with Gasteiger partial charge in [0.2, 0.25) is 5.13 Å². The van der Waals surface area contributed by atoms with Gasteiger partial charge in [0.1, 0.15) is 12.1 Å². The van der Waals surface area contributed by atoms with Crippen LogP contribution in [0.3, 0.4) is 0 Å². The minimum Gasteiger partial charge on any atom is -0.480 e. The van der Waals surface area contributed by atoms with Gasteiger partial charge in [0.15, 0.2) is 0 Å². The molecule has 0 aliphatic carbocycles. The third-order valence-corrected chi connectivity index (χ3v) is 4.09. The van der Waals surface area contributed by atoms with E-state index in [1.54, 1.807) is 0 Å². The number of hydrogen-bond donors (Lipinski definition) is 5. The molecule has 0 spiro atoms. The molecule has 2 heterocycles. The number of hydrogen-bond acceptors (Lipinski definition) is 8. The van der Waals surface area contributed by atoms with Crippen molar-refractivity contribution in [1.29, 1.82) is 0 Å². The molecule has 1 fully saturated rings. The highest BCUT2D eigenvalue weighted by atomic mass is 35.5. The highest BCUT2D eigenvalue weighted by Crippen LogP contribution is 2.15. The number of nitrogens with zero attached hydrogens (tertiary/aromatic N) is 2. The predicted octanol–water partition coefficient (Wildman–Crippen LogP) is 1.41. The molecule has 5 N–H and O–H groups in total. The lowest BCUT2D eigenvalue weighted by atomic mass is 10.0. The first kappa shape index (κ1) is 25.8. The molecule has 13 heteroatoms. The van der Waals surface area contributed by atoms with Crippen LogP contribution in [0, 0.1) is 5.92 Å². The number of aromatic nitrogens is 2. The van der Waals surface area contributed by atoms with Crippen LogP contribution >= 0.6 is 23.9 Å². The monoisotopic (exact) mass is 439 g/mol. The molecule has 28 heavy (non-hydrogen) atoms. The Morgan fingerprint density at radius 3 is 2.43 bits per heavy atom. The number of urea groups is 1. The number of carboxylic acids is 2. The molecule has 0 unspecified atom stereocenters. The van der Waals surface area contributed by atoms with Crippen molar-refractivity contribution in [1.82, 2.24) is 20.0 Å². The minimum absolute atomic E-state index is 0. The Kier molecular flexibility index (Phi) is 12.1. The topological polar surface area (TPSA) is 163 Å². The van der Waals surface area contributed by atoms with E-state index in [4.69, 9.17) is 14.9 Å². The van der Waals surface area contributed by atoms with Crippen molar-refractivity contribution in [3.63, 3.8) is 0 Å². The fourth-order valence-electron chi connectivity index (χ4n) is 2.22. The molecule has 160 valence electrons. The Balaban J connectivity index is 0.000000678. The van der Waals surface area contributed by atoms with Crippen molar-refractivity contribution in [3.8, 4) is 6.01 Å². The van der Waals surface area contributed by atoms with Crippen LogP contribution in [0.4, 0.5) is 9.93 Å². The maximum Gasteiger partial charge on any atom is 0.329 e. The molecule has 0 radical (unpaired) electrons. The highest BCUT2D eigenvalue weighted by molar-refractivity contribution is 7.10. The zero-order valence-electron chi connectivity index (χ0n) is 15.8. The zero-order valence-corrected chi connectivity index (χ0v) is 17.4. The lowest BCUT2D eigenvalue weighted by Crippen LogP contribution is -2.43. The van der Waals surface area contributed by atoms with Gasteiger partial charge in [-0.3, -0.25) is 10.1 Å². The van der Waals surface area contributed by atoms with E-state index in [2.05, 4.69) is 25.3 Å². The van der Waals surface area contributed by atoms with E-state index >= 15 is 0 Å². The molecule has 1 aliphatic heterocycles. The number of anilines is 1. The van der Waals surface area contributed by atoms with Gasteiger partial charge in [-0.15, -0.1) is 16.8 Å². The average Bonchev–Trinajstić information content (AvgIpc) is 3.25. The summed E-state index contributed by atoms with van der Waals surface area (Å²) in [6, 6.07) is -1.69. The van der Waals surface area contributed by atoms with E-state index in [-0.39, 0.29) is 35.5 Å². The molecular formula is C15H26ClN5O6S. The van der Waals surface area contributed by atoms with E-state index in [0.29, 0.717) is 6.42 Å². The average molecular weight is 440 g/mol. The van der Waals surface area contributed by atoms with E-state index < -0.39 is 24.0 Å². The number of rotatable bonds is 7. The smallest absolute Gasteiger partial charge is 0.329 e. The van der Waals surface area contributed by atoms with Crippen LogP contribution in [-0.4, -0.2) is 63.3 Å². The Morgan fingerprint density at radius 1 is 1.36 bits per heavy atom. The van der Waals surface area contributed by atoms with Crippen molar-refractivity contribution in [2.24, 2.45) is 5.92 Å². The number of ether oxygens (including phenoxy) is 1. The lowest BCUT2D eigenvalue weighted by Gasteiger charge is -2.16. The minimum atomic E-state index is -1.07. The summed E-state index contributed by atoms with van der Waals surface area (Å²) in [4.78, 5) is 36.6. The number of amides is 2. The maximum absolute atomic E-state index is 11.6. The van der Waals surface area contributed by atoms with Crippen LogP contribution in [0.25, 0.3) is 0 Å². The molecule has 2 rings (SSSR count). The van der Waals surface area contributed by atoms with Crippen molar-refractivity contribution < 1.29 is 29.3 Å². The third-order valence-electron chi connectivity index (χ3n) is 3.48. The molecule has 2 atom stereocenters. The molecule has 1 saturated heterocycles. The highest BCUT2D eigenvalue weighted by Gasteiger charge is 2.22. The summed E-state index contributed by atoms with van der Waals surface area (Å²) in [5, 5.41) is 25.2. The van der Waals surface area contributed by atoms with Gasteiger partial charge in [-0.25, -0.2) is 9.59 Å². The number of carbonyl (C=O) groups is 3. The Labute approximate surface area is 172 Å². The van der Waals surface area contributed by atoms with E-state index in [9.17, 15) is 14.4 Å². The van der Waals surface area contributed by atoms with Crippen molar-refractivity contribution in [2.75, 3.05) is 19.0 Å². The fraction of sp³-hybridized carbons (Fsp3) is 0.667. The van der Waals surface area contributed by atoms with Gasteiger partial charge in [-0.1, -0.05) is 13.8 Å². The Morgan fingerprint density at radius 2 is 2.04 bits per heavy atom. The summed E-state index contributed by atoms with van der Waals surface area (Å²) in [5.74, 6) is -1.63. The first-order valence-corrected chi connectivity index (χ1v) is 9.14. The molecule has 0 saturated carbocycles. The van der Waals surface area contributed by atoms with Crippen molar-refractivity contribution in [2.45, 2.75) is 45.2 Å². The maximum atomic E-state index is 11.6. The van der Waals surface area contributed by atoms with Gasteiger partial charge in [-0.05, 0) is 31.7 Å². The Hall–Kier alpha value is -2.18. The summed E-state index contributed by atoms with van der Waals surface area (Å²) in [6.07, 6.45) is 2.13. The van der Waals surface area contributed by atoms with Gasteiger partial charge < -0.3 is 25.6 Å².